The van der Waals surface area contributed by atoms with Gasteiger partial charge in [0, 0.05) is 6.08 Å². The smallest absolute Gasteiger partial charge is 0.331 e. The summed E-state index contributed by atoms with van der Waals surface area (Å²) in [5.41, 5.74) is 1.84. The maximum Gasteiger partial charge on any atom is 0.331 e. The van der Waals surface area contributed by atoms with E-state index in [1.165, 1.54) is 37.0 Å². The molecule has 0 aliphatic heterocycles. The predicted molar refractivity (Wildman–Crippen MR) is 89.2 cm³/mol. The van der Waals surface area contributed by atoms with E-state index in [4.69, 9.17) is 4.74 Å². The Balaban J connectivity index is 1.60. The van der Waals surface area contributed by atoms with Crippen molar-refractivity contribution in [2.75, 3.05) is 5.32 Å². The number of rotatable bonds is 5. The van der Waals surface area contributed by atoms with E-state index in [2.05, 4.69) is 25.3 Å². The molecular weight excluding hydrogens is 330 g/mol. The van der Waals surface area contributed by atoms with Gasteiger partial charge in [-0.05, 0) is 35.4 Å². The number of aromatic nitrogens is 4. The number of carbonyl (C=O) groups excluding carboxylic acids is 2. The second-order valence-corrected chi connectivity index (χ2v) is 5.56. The van der Waals surface area contributed by atoms with E-state index in [0.29, 0.717) is 11.2 Å². The average molecular weight is 343 g/mol. The van der Waals surface area contributed by atoms with Crippen molar-refractivity contribution < 1.29 is 14.3 Å². The molecule has 1 amide bonds. The Morgan fingerprint density at radius 1 is 1.38 bits per heavy atom. The van der Waals surface area contributed by atoms with Gasteiger partial charge in [0.1, 0.15) is 11.8 Å². The Morgan fingerprint density at radius 2 is 2.25 bits per heavy atom. The molecule has 0 saturated heterocycles. The molecule has 3 heterocycles. The average Bonchev–Trinajstić information content (AvgIpc) is 3.24. The number of carbonyl (C=O) groups is 2. The first-order chi connectivity index (χ1) is 11.6. The van der Waals surface area contributed by atoms with Gasteiger partial charge in [0.15, 0.2) is 17.6 Å². The first-order valence-electron chi connectivity index (χ1n) is 6.99. The number of nitrogens with one attached hydrogen (secondary N) is 2. The predicted octanol–water partition coefficient (Wildman–Crippen LogP) is 2.00. The van der Waals surface area contributed by atoms with Crippen LogP contribution in [-0.4, -0.2) is 37.9 Å². The van der Waals surface area contributed by atoms with Crippen molar-refractivity contribution in [3.63, 3.8) is 0 Å². The molecule has 0 aliphatic rings. The summed E-state index contributed by atoms with van der Waals surface area (Å²) >= 11 is 1.53. The van der Waals surface area contributed by atoms with Crippen LogP contribution in [0.1, 0.15) is 12.5 Å². The van der Waals surface area contributed by atoms with Crippen molar-refractivity contribution in [2.45, 2.75) is 13.0 Å². The van der Waals surface area contributed by atoms with E-state index in [-0.39, 0.29) is 5.82 Å². The molecule has 0 saturated carbocycles. The lowest BCUT2D eigenvalue weighted by Crippen LogP contribution is -2.29. The summed E-state index contributed by atoms with van der Waals surface area (Å²) in [5, 5.41) is 6.38. The van der Waals surface area contributed by atoms with Crippen molar-refractivity contribution in [3.8, 4) is 0 Å². The molecule has 0 fully saturated rings. The van der Waals surface area contributed by atoms with Crippen molar-refractivity contribution in [1.82, 2.24) is 19.9 Å². The molecule has 0 aliphatic carbocycles. The molecule has 24 heavy (non-hydrogen) atoms. The lowest BCUT2D eigenvalue weighted by atomic mass is 10.3. The number of hydrogen-bond donors (Lipinski definition) is 2. The monoisotopic (exact) mass is 343 g/mol. The van der Waals surface area contributed by atoms with Crippen LogP contribution in [0.15, 0.2) is 35.6 Å². The van der Waals surface area contributed by atoms with Crippen molar-refractivity contribution in [3.05, 3.63) is 41.1 Å². The minimum absolute atomic E-state index is 0.277. The molecule has 3 rings (SSSR count). The van der Waals surface area contributed by atoms with Gasteiger partial charge in [0.2, 0.25) is 0 Å². The molecule has 0 spiro atoms. The highest BCUT2D eigenvalue weighted by molar-refractivity contribution is 7.08. The van der Waals surface area contributed by atoms with Gasteiger partial charge in [-0.2, -0.15) is 11.3 Å². The lowest BCUT2D eigenvalue weighted by molar-refractivity contribution is -0.148. The number of amides is 1. The number of esters is 1. The normalized spacial score (nSPS) is 12.4. The number of ether oxygens (including phenoxy) is 1. The van der Waals surface area contributed by atoms with Gasteiger partial charge in [-0.25, -0.2) is 19.7 Å². The molecule has 8 nitrogen and oxygen atoms in total. The van der Waals surface area contributed by atoms with E-state index in [1.54, 1.807) is 6.08 Å². The number of aromatic amines is 1. The standard InChI is InChI=1S/C15H13N5O3S/c1-9(23-11(21)3-2-10-4-5-24-6-10)15(22)20-14-12-13(17-7-16-12)18-8-19-14/h2-9H,1H3,(H2,16,17,18,19,20,22)/b3-2+. The zero-order valence-corrected chi connectivity index (χ0v) is 13.4. The van der Waals surface area contributed by atoms with Crippen molar-refractivity contribution in [2.24, 2.45) is 0 Å². The van der Waals surface area contributed by atoms with Crippen molar-refractivity contribution in [1.29, 1.82) is 0 Å². The second kappa shape index (κ2) is 7.01. The zero-order valence-electron chi connectivity index (χ0n) is 12.6. The number of hydrogen-bond acceptors (Lipinski definition) is 7. The third-order valence-corrected chi connectivity index (χ3v) is 3.78. The van der Waals surface area contributed by atoms with Gasteiger partial charge < -0.3 is 15.0 Å². The molecule has 0 radical (unpaired) electrons. The summed E-state index contributed by atoms with van der Waals surface area (Å²) in [6.45, 7) is 1.48. The van der Waals surface area contributed by atoms with E-state index in [0.717, 1.165) is 5.56 Å². The highest BCUT2D eigenvalue weighted by Gasteiger charge is 2.18. The Labute approximate surface area is 140 Å². The molecule has 122 valence electrons. The van der Waals surface area contributed by atoms with Crippen LogP contribution in [0, 0.1) is 0 Å². The molecule has 0 aromatic carbocycles. The topological polar surface area (TPSA) is 110 Å². The molecule has 9 heteroatoms. The lowest BCUT2D eigenvalue weighted by Gasteiger charge is -2.11. The maximum atomic E-state index is 12.1. The van der Waals surface area contributed by atoms with Gasteiger partial charge in [0.25, 0.3) is 5.91 Å². The van der Waals surface area contributed by atoms with Crippen LogP contribution in [-0.2, 0) is 14.3 Å². The number of anilines is 1. The fourth-order valence-corrected chi connectivity index (χ4v) is 2.51. The highest BCUT2D eigenvalue weighted by atomic mass is 32.1. The van der Waals surface area contributed by atoms with E-state index < -0.39 is 18.0 Å². The van der Waals surface area contributed by atoms with E-state index in [9.17, 15) is 9.59 Å². The molecular formula is C15H13N5O3S. The summed E-state index contributed by atoms with van der Waals surface area (Å²) in [7, 11) is 0. The second-order valence-electron chi connectivity index (χ2n) is 4.78. The van der Waals surface area contributed by atoms with Crippen LogP contribution in [0.5, 0.6) is 0 Å². The summed E-state index contributed by atoms with van der Waals surface area (Å²) in [6, 6.07) is 1.87. The van der Waals surface area contributed by atoms with Gasteiger partial charge in [-0.1, -0.05) is 0 Å². The molecule has 3 aromatic heterocycles. The van der Waals surface area contributed by atoms with Gasteiger partial charge in [-0.15, -0.1) is 0 Å². The maximum absolute atomic E-state index is 12.1. The largest absolute Gasteiger partial charge is 0.449 e. The van der Waals surface area contributed by atoms with Crippen LogP contribution in [0.3, 0.4) is 0 Å². The first-order valence-corrected chi connectivity index (χ1v) is 7.93. The summed E-state index contributed by atoms with van der Waals surface area (Å²) in [6.07, 6.45) is 4.68. The molecule has 2 N–H and O–H groups in total. The van der Waals surface area contributed by atoms with Gasteiger partial charge in [0.05, 0.1) is 6.33 Å². The quantitative estimate of drug-likeness (QED) is 0.541. The Bertz CT molecular complexity index is 888. The number of nitrogens with zero attached hydrogens (tertiary/aromatic N) is 3. The third-order valence-electron chi connectivity index (χ3n) is 3.08. The number of imidazole rings is 1. The number of thiophene rings is 1. The molecule has 3 aromatic rings. The van der Waals surface area contributed by atoms with Crippen LogP contribution in [0.25, 0.3) is 17.2 Å². The van der Waals surface area contributed by atoms with E-state index in [1.807, 2.05) is 16.8 Å². The molecule has 1 unspecified atom stereocenters. The Morgan fingerprint density at radius 3 is 3.04 bits per heavy atom. The van der Waals surface area contributed by atoms with Crippen LogP contribution < -0.4 is 5.32 Å². The van der Waals surface area contributed by atoms with Crippen molar-refractivity contribution >= 4 is 46.3 Å². The van der Waals surface area contributed by atoms with Crippen LogP contribution >= 0.6 is 11.3 Å². The van der Waals surface area contributed by atoms with E-state index >= 15 is 0 Å². The molecule has 0 bridgehead atoms. The Hall–Kier alpha value is -3.07. The fourth-order valence-electron chi connectivity index (χ4n) is 1.88. The minimum Gasteiger partial charge on any atom is -0.449 e. The van der Waals surface area contributed by atoms with Gasteiger partial charge in [-0.3, -0.25) is 4.79 Å². The van der Waals surface area contributed by atoms with Crippen LogP contribution in [0.2, 0.25) is 0 Å². The van der Waals surface area contributed by atoms with Gasteiger partial charge >= 0.3 is 5.97 Å². The number of fused-ring (bicyclic) bond motifs is 1. The third kappa shape index (κ3) is 3.63. The zero-order chi connectivity index (χ0) is 16.9. The first kappa shape index (κ1) is 15.8. The minimum atomic E-state index is -0.974. The SMILES string of the molecule is CC(OC(=O)/C=C/c1ccsc1)C(=O)Nc1ncnc2nc[nH]c12. The Kier molecular flexibility index (Phi) is 4.62. The summed E-state index contributed by atoms with van der Waals surface area (Å²) in [4.78, 5) is 38.6. The summed E-state index contributed by atoms with van der Waals surface area (Å²) in [5.74, 6) is -0.820. The highest BCUT2D eigenvalue weighted by Crippen LogP contribution is 2.15. The number of H-pyrrole nitrogens is 1. The van der Waals surface area contributed by atoms with Crippen LogP contribution in [0.4, 0.5) is 5.82 Å². The molecule has 1 atom stereocenters. The summed E-state index contributed by atoms with van der Waals surface area (Å²) < 4.78 is 5.07. The fraction of sp³-hybridized carbons (Fsp3) is 0.133.